The number of nitrogens with zero attached hydrogens (tertiary/aromatic N) is 1. The zero-order chi connectivity index (χ0) is 15.2. The third-order valence-corrected chi connectivity index (χ3v) is 2.76. The van der Waals surface area contributed by atoms with Gasteiger partial charge in [-0.1, -0.05) is 18.2 Å². The van der Waals surface area contributed by atoms with Crippen LogP contribution in [0.25, 0.3) is 0 Å². The molecule has 0 saturated heterocycles. The fourth-order valence-corrected chi connectivity index (χ4v) is 1.70. The smallest absolute Gasteiger partial charge is 0.200 e. The molecule has 0 aromatic heterocycles. The van der Waals surface area contributed by atoms with E-state index in [1.54, 1.807) is 0 Å². The Labute approximate surface area is 126 Å². The van der Waals surface area contributed by atoms with Crippen molar-refractivity contribution in [3.8, 4) is 17.2 Å². The van der Waals surface area contributed by atoms with Gasteiger partial charge < -0.3 is 20.6 Å². The molecule has 0 saturated carbocycles. The lowest BCUT2D eigenvalue weighted by Crippen LogP contribution is -2.23. The molecule has 0 amide bonds. The molecule has 5 N–H and O–H groups in total. The minimum Gasteiger partial charge on any atom is -0.504 e. The molecule has 0 atom stereocenters. The average Bonchev–Trinajstić information content (AvgIpc) is 2.48. The van der Waals surface area contributed by atoms with Gasteiger partial charge in [-0.05, 0) is 36.5 Å². The number of rotatable bonds is 3. The van der Waals surface area contributed by atoms with Crippen LogP contribution in [0.4, 0.5) is 5.69 Å². The van der Waals surface area contributed by atoms with Crippen molar-refractivity contribution in [3.63, 3.8) is 0 Å². The summed E-state index contributed by atoms with van der Waals surface area (Å²) in [6, 6.07) is 12.0. The van der Waals surface area contributed by atoms with Crippen molar-refractivity contribution >= 4 is 29.2 Å². The molecule has 2 aromatic carbocycles. The minimum absolute atomic E-state index is 0.236. The van der Waals surface area contributed by atoms with E-state index < -0.39 is 17.2 Å². The number of nitrogens with one attached hydrogen (secondary N) is 2. The molecule has 0 aliphatic rings. The van der Waals surface area contributed by atoms with Gasteiger partial charge in [-0.3, -0.25) is 5.43 Å². The number of phenols is 3. The molecule has 0 radical (unpaired) electrons. The van der Waals surface area contributed by atoms with Crippen molar-refractivity contribution in [1.82, 2.24) is 5.43 Å². The van der Waals surface area contributed by atoms with Crippen molar-refractivity contribution in [2.24, 2.45) is 5.10 Å². The van der Waals surface area contributed by atoms with Crippen LogP contribution in [0.3, 0.4) is 0 Å². The molecule has 21 heavy (non-hydrogen) atoms. The summed E-state index contributed by atoms with van der Waals surface area (Å²) in [6.07, 6.45) is 1.27. The number of hydrogen-bond donors (Lipinski definition) is 5. The van der Waals surface area contributed by atoms with E-state index in [1.807, 2.05) is 30.3 Å². The predicted molar refractivity (Wildman–Crippen MR) is 84.8 cm³/mol. The first-order chi connectivity index (χ1) is 10.1. The van der Waals surface area contributed by atoms with Crippen LogP contribution in [0.15, 0.2) is 47.6 Å². The number of anilines is 1. The third-order valence-electron chi connectivity index (χ3n) is 2.56. The fraction of sp³-hybridized carbons (Fsp3) is 0. The van der Waals surface area contributed by atoms with Crippen LogP contribution >= 0.6 is 12.2 Å². The Balaban J connectivity index is 1.97. The molecular formula is C14H13N3O3S. The normalized spacial score (nSPS) is 10.5. The van der Waals surface area contributed by atoms with Crippen molar-refractivity contribution in [2.45, 2.75) is 0 Å². The van der Waals surface area contributed by atoms with E-state index in [4.69, 9.17) is 12.2 Å². The van der Waals surface area contributed by atoms with Crippen LogP contribution in [-0.4, -0.2) is 26.6 Å². The summed E-state index contributed by atoms with van der Waals surface area (Å²) in [7, 11) is 0. The van der Waals surface area contributed by atoms with E-state index in [1.165, 1.54) is 18.3 Å². The van der Waals surface area contributed by atoms with E-state index in [0.29, 0.717) is 0 Å². The molecule has 2 rings (SSSR count). The molecule has 108 valence electrons. The standard InChI is InChI=1S/C14H13N3O3S/c18-11-7-6-9(12(19)13(11)20)8-15-17-14(21)16-10-4-2-1-3-5-10/h1-8,18-20H,(H2,16,17,21)/b15-8+. The minimum atomic E-state index is -0.594. The first kappa shape index (κ1) is 14.6. The summed E-state index contributed by atoms with van der Waals surface area (Å²) in [4.78, 5) is 0. The fourth-order valence-electron chi connectivity index (χ4n) is 1.53. The molecule has 0 spiro atoms. The Morgan fingerprint density at radius 2 is 1.71 bits per heavy atom. The van der Waals surface area contributed by atoms with E-state index in [-0.39, 0.29) is 10.7 Å². The highest BCUT2D eigenvalue weighted by atomic mass is 32.1. The largest absolute Gasteiger partial charge is 0.504 e. The van der Waals surface area contributed by atoms with Gasteiger partial charge in [0.25, 0.3) is 0 Å². The van der Waals surface area contributed by atoms with Crippen molar-refractivity contribution in [1.29, 1.82) is 0 Å². The van der Waals surface area contributed by atoms with E-state index in [0.717, 1.165) is 5.69 Å². The topological polar surface area (TPSA) is 97.1 Å². The quantitative estimate of drug-likeness (QED) is 0.258. The maximum Gasteiger partial charge on any atom is 0.200 e. The molecule has 0 unspecified atom stereocenters. The van der Waals surface area contributed by atoms with Gasteiger partial charge in [0.2, 0.25) is 5.75 Å². The zero-order valence-electron chi connectivity index (χ0n) is 10.8. The molecular weight excluding hydrogens is 290 g/mol. The molecule has 0 aliphatic carbocycles. The molecule has 0 fully saturated rings. The van der Waals surface area contributed by atoms with Gasteiger partial charge in [0.05, 0.1) is 6.21 Å². The van der Waals surface area contributed by atoms with Gasteiger partial charge in [0.15, 0.2) is 16.6 Å². The Kier molecular flexibility index (Phi) is 4.57. The summed E-state index contributed by atoms with van der Waals surface area (Å²) in [5.74, 6) is -1.45. The Morgan fingerprint density at radius 1 is 1.00 bits per heavy atom. The first-order valence-electron chi connectivity index (χ1n) is 5.97. The van der Waals surface area contributed by atoms with Crippen LogP contribution in [0.1, 0.15) is 5.56 Å². The highest BCUT2D eigenvalue weighted by Crippen LogP contribution is 2.36. The van der Waals surface area contributed by atoms with Gasteiger partial charge in [-0.15, -0.1) is 0 Å². The number of thiocarbonyl (C=S) groups is 1. The summed E-state index contributed by atoms with van der Waals surface area (Å²) >= 11 is 5.04. The Bertz CT molecular complexity index is 675. The summed E-state index contributed by atoms with van der Waals surface area (Å²) < 4.78 is 0. The lowest BCUT2D eigenvalue weighted by atomic mass is 10.2. The van der Waals surface area contributed by atoms with Gasteiger partial charge in [0, 0.05) is 11.3 Å². The summed E-state index contributed by atoms with van der Waals surface area (Å²) in [5.41, 5.74) is 3.63. The third kappa shape index (κ3) is 3.83. The predicted octanol–water partition coefficient (Wildman–Crippen LogP) is 2.12. The SMILES string of the molecule is Oc1ccc(/C=N/NC(=S)Nc2ccccc2)c(O)c1O. The second-order valence-corrected chi connectivity index (χ2v) is 4.47. The summed E-state index contributed by atoms with van der Waals surface area (Å²) in [6.45, 7) is 0. The maximum absolute atomic E-state index is 9.60. The van der Waals surface area contributed by atoms with Crippen molar-refractivity contribution < 1.29 is 15.3 Å². The van der Waals surface area contributed by atoms with Gasteiger partial charge in [0.1, 0.15) is 0 Å². The highest BCUT2D eigenvalue weighted by Gasteiger charge is 2.09. The van der Waals surface area contributed by atoms with Crippen molar-refractivity contribution in [3.05, 3.63) is 48.0 Å². The Hall–Kier alpha value is -2.80. The number of hydrogen-bond acceptors (Lipinski definition) is 5. The second-order valence-electron chi connectivity index (χ2n) is 4.06. The Morgan fingerprint density at radius 3 is 2.43 bits per heavy atom. The molecule has 2 aromatic rings. The van der Waals surface area contributed by atoms with E-state index in [2.05, 4.69) is 15.8 Å². The lowest BCUT2D eigenvalue weighted by molar-refractivity contribution is 0.367. The molecule has 0 bridgehead atoms. The van der Waals surface area contributed by atoms with Gasteiger partial charge in [-0.25, -0.2) is 0 Å². The van der Waals surface area contributed by atoms with Crippen LogP contribution in [-0.2, 0) is 0 Å². The first-order valence-corrected chi connectivity index (χ1v) is 6.38. The highest BCUT2D eigenvalue weighted by molar-refractivity contribution is 7.80. The van der Waals surface area contributed by atoms with Crippen LogP contribution < -0.4 is 10.7 Å². The van der Waals surface area contributed by atoms with Crippen LogP contribution in [0.2, 0.25) is 0 Å². The summed E-state index contributed by atoms with van der Waals surface area (Å²) in [5, 5.41) is 35.2. The number of phenolic OH excluding ortho intramolecular Hbond substituents is 3. The second kappa shape index (κ2) is 6.58. The number of aromatic hydroxyl groups is 3. The molecule has 6 nitrogen and oxygen atoms in total. The monoisotopic (exact) mass is 303 g/mol. The number of hydrazone groups is 1. The van der Waals surface area contributed by atoms with Gasteiger partial charge >= 0.3 is 0 Å². The molecule has 7 heteroatoms. The lowest BCUT2D eigenvalue weighted by Gasteiger charge is -2.06. The number of benzene rings is 2. The number of para-hydroxylation sites is 1. The van der Waals surface area contributed by atoms with Crippen LogP contribution in [0.5, 0.6) is 17.2 Å². The molecule has 0 heterocycles. The zero-order valence-corrected chi connectivity index (χ0v) is 11.6. The van der Waals surface area contributed by atoms with E-state index >= 15 is 0 Å². The van der Waals surface area contributed by atoms with Crippen LogP contribution in [0, 0.1) is 0 Å². The average molecular weight is 303 g/mol. The maximum atomic E-state index is 9.60. The van der Waals surface area contributed by atoms with E-state index in [9.17, 15) is 15.3 Å². The van der Waals surface area contributed by atoms with Crippen molar-refractivity contribution in [2.75, 3.05) is 5.32 Å². The molecule has 0 aliphatic heterocycles. The van der Waals surface area contributed by atoms with Gasteiger partial charge in [-0.2, -0.15) is 5.10 Å².